The van der Waals surface area contributed by atoms with Crippen molar-refractivity contribution in [1.29, 1.82) is 0 Å². The normalized spacial score (nSPS) is 16.1. The number of carbonyl (C=O) groups excluding carboxylic acids is 2. The lowest BCUT2D eigenvalue weighted by Gasteiger charge is -2.14. The van der Waals surface area contributed by atoms with Crippen LogP contribution in [0.5, 0.6) is 0 Å². The summed E-state index contributed by atoms with van der Waals surface area (Å²) in [6.07, 6.45) is 3.72. The van der Waals surface area contributed by atoms with Gasteiger partial charge in [-0.25, -0.2) is 0 Å². The Morgan fingerprint density at radius 2 is 1.76 bits per heavy atom. The molecule has 0 aromatic carbocycles. The van der Waals surface area contributed by atoms with Gasteiger partial charge in [-0.15, -0.1) is 0 Å². The molecule has 96 valence electrons. The number of carbonyl (C=O) groups is 2. The molecule has 0 spiro atoms. The Balaban J connectivity index is 2.64. The van der Waals surface area contributed by atoms with E-state index in [0.717, 1.165) is 25.7 Å². The molecular formula is C12H19ClN2O2. The Hall–Kier alpha value is -1.03. The molecule has 0 aliphatic carbocycles. The van der Waals surface area contributed by atoms with E-state index < -0.39 is 0 Å². The van der Waals surface area contributed by atoms with Crippen LogP contribution in [-0.2, 0) is 9.59 Å². The molecule has 1 N–H and O–H groups in total. The van der Waals surface area contributed by atoms with Crippen molar-refractivity contribution >= 4 is 23.4 Å². The smallest absolute Gasteiger partial charge is 0.278 e. The van der Waals surface area contributed by atoms with Gasteiger partial charge >= 0.3 is 0 Å². The second-order valence-corrected chi connectivity index (χ2v) is 4.46. The molecule has 4 nitrogen and oxygen atoms in total. The van der Waals surface area contributed by atoms with Crippen LogP contribution < -0.4 is 5.32 Å². The first-order chi connectivity index (χ1) is 8.13. The van der Waals surface area contributed by atoms with Crippen LogP contribution in [0.15, 0.2) is 10.7 Å². The van der Waals surface area contributed by atoms with Crippen LogP contribution in [0.3, 0.4) is 0 Å². The van der Waals surface area contributed by atoms with Crippen molar-refractivity contribution in [3.8, 4) is 0 Å². The van der Waals surface area contributed by atoms with Crippen LogP contribution in [0.1, 0.15) is 39.5 Å². The minimum Gasteiger partial charge on any atom is -0.379 e. The molecule has 0 aromatic heterocycles. The third kappa shape index (κ3) is 3.22. The Morgan fingerprint density at radius 3 is 2.35 bits per heavy atom. The molecule has 0 bridgehead atoms. The topological polar surface area (TPSA) is 49.4 Å². The minimum absolute atomic E-state index is 0.0298. The lowest BCUT2D eigenvalue weighted by molar-refractivity contribution is -0.137. The molecule has 5 heteroatoms. The molecule has 1 rings (SSSR count). The number of rotatable bonds is 7. The summed E-state index contributed by atoms with van der Waals surface area (Å²) in [5.74, 6) is -0.659. The number of unbranched alkanes of at least 4 members (excludes halogenated alkanes) is 2. The van der Waals surface area contributed by atoms with Gasteiger partial charge in [-0.1, -0.05) is 38.3 Å². The second-order valence-electron chi connectivity index (χ2n) is 4.08. The van der Waals surface area contributed by atoms with E-state index in [-0.39, 0.29) is 22.5 Å². The second kappa shape index (κ2) is 6.64. The summed E-state index contributed by atoms with van der Waals surface area (Å²) >= 11 is 5.88. The van der Waals surface area contributed by atoms with Crippen molar-refractivity contribution in [1.82, 2.24) is 10.2 Å². The average molecular weight is 259 g/mol. The van der Waals surface area contributed by atoms with Gasteiger partial charge in [0.15, 0.2) is 0 Å². The van der Waals surface area contributed by atoms with Gasteiger partial charge in [-0.3, -0.25) is 14.5 Å². The summed E-state index contributed by atoms with van der Waals surface area (Å²) in [5.41, 5.74) is 0.265. The first-order valence-electron chi connectivity index (χ1n) is 6.13. The van der Waals surface area contributed by atoms with E-state index in [2.05, 4.69) is 12.2 Å². The van der Waals surface area contributed by atoms with Gasteiger partial charge in [-0.2, -0.15) is 0 Å². The van der Waals surface area contributed by atoms with Gasteiger partial charge in [0.25, 0.3) is 11.8 Å². The van der Waals surface area contributed by atoms with E-state index in [9.17, 15) is 9.59 Å². The predicted molar refractivity (Wildman–Crippen MR) is 67.4 cm³/mol. The average Bonchev–Trinajstić information content (AvgIpc) is 2.52. The molecule has 1 aliphatic rings. The van der Waals surface area contributed by atoms with E-state index in [0.29, 0.717) is 13.1 Å². The molecule has 0 aromatic rings. The molecule has 0 saturated heterocycles. The zero-order chi connectivity index (χ0) is 12.8. The molecule has 0 fully saturated rings. The molecule has 0 saturated carbocycles. The highest BCUT2D eigenvalue weighted by Gasteiger charge is 2.36. The summed E-state index contributed by atoms with van der Waals surface area (Å²) < 4.78 is 0. The molecule has 0 atom stereocenters. The number of amides is 2. The summed E-state index contributed by atoms with van der Waals surface area (Å²) in [7, 11) is 0. The van der Waals surface area contributed by atoms with E-state index >= 15 is 0 Å². The van der Waals surface area contributed by atoms with E-state index in [1.807, 2.05) is 6.92 Å². The summed E-state index contributed by atoms with van der Waals surface area (Å²) in [6, 6.07) is 0. The lowest BCUT2D eigenvalue weighted by Crippen LogP contribution is -2.34. The Morgan fingerprint density at radius 1 is 1.12 bits per heavy atom. The van der Waals surface area contributed by atoms with Gasteiger partial charge in [0, 0.05) is 13.1 Å². The maximum atomic E-state index is 11.9. The van der Waals surface area contributed by atoms with E-state index in [1.165, 1.54) is 4.90 Å². The zero-order valence-electron chi connectivity index (χ0n) is 10.4. The van der Waals surface area contributed by atoms with Crippen molar-refractivity contribution < 1.29 is 9.59 Å². The highest BCUT2D eigenvalue weighted by Crippen LogP contribution is 2.22. The number of nitrogens with zero attached hydrogens (tertiary/aromatic N) is 1. The Kier molecular flexibility index (Phi) is 5.48. The van der Waals surface area contributed by atoms with Crippen molar-refractivity contribution in [2.75, 3.05) is 13.1 Å². The first kappa shape index (κ1) is 14.0. The van der Waals surface area contributed by atoms with Gasteiger partial charge in [-0.05, 0) is 12.8 Å². The monoisotopic (exact) mass is 258 g/mol. The third-order valence-corrected chi connectivity index (χ3v) is 3.03. The SMILES string of the molecule is CCCCNC1=C(Cl)C(=O)N(CCCC)C1=O. The third-order valence-electron chi connectivity index (χ3n) is 2.68. The lowest BCUT2D eigenvalue weighted by atomic mass is 10.3. The predicted octanol–water partition coefficient (Wildman–Crippen LogP) is 2.00. The van der Waals surface area contributed by atoms with E-state index in [4.69, 9.17) is 11.6 Å². The van der Waals surface area contributed by atoms with Crippen LogP contribution in [0.25, 0.3) is 0 Å². The van der Waals surface area contributed by atoms with E-state index in [1.54, 1.807) is 0 Å². The minimum atomic E-state index is -0.371. The standard InChI is InChI=1S/C12H19ClN2O2/c1-3-5-7-14-10-9(13)11(16)15(12(10)17)8-6-4-2/h14H,3-8H2,1-2H3. The molecule has 1 aliphatic heterocycles. The Labute approximate surface area is 107 Å². The van der Waals surface area contributed by atoms with Crippen LogP contribution in [0.2, 0.25) is 0 Å². The van der Waals surface area contributed by atoms with Crippen LogP contribution in [-0.4, -0.2) is 29.8 Å². The number of imide groups is 1. The Bertz CT molecular complexity index is 339. The fraction of sp³-hybridized carbons (Fsp3) is 0.667. The summed E-state index contributed by atoms with van der Waals surface area (Å²) in [5, 5.41) is 2.98. The van der Waals surface area contributed by atoms with Gasteiger partial charge < -0.3 is 5.32 Å². The van der Waals surface area contributed by atoms with Crippen molar-refractivity contribution in [2.24, 2.45) is 0 Å². The van der Waals surface area contributed by atoms with Gasteiger partial charge in [0.05, 0.1) is 0 Å². The fourth-order valence-electron chi connectivity index (χ4n) is 1.61. The maximum absolute atomic E-state index is 11.9. The molecular weight excluding hydrogens is 240 g/mol. The van der Waals surface area contributed by atoms with Crippen LogP contribution in [0, 0.1) is 0 Å². The molecule has 17 heavy (non-hydrogen) atoms. The van der Waals surface area contributed by atoms with Gasteiger partial charge in [0.2, 0.25) is 0 Å². The van der Waals surface area contributed by atoms with Gasteiger partial charge in [0.1, 0.15) is 10.7 Å². The van der Waals surface area contributed by atoms with Crippen molar-refractivity contribution in [2.45, 2.75) is 39.5 Å². The quantitative estimate of drug-likeness (QED) is 0.561. The molecule has 0 radical (unpaired) electrons. The summed E-state index contributed by atoms with van der Waals surface area (Å²) in [6.45, 7) is 5.19. The molecule has 0 unspecified atom stereocenters. The number of halogens is 1. The van der Waals surface area contributed by atoms with Crippen molar-refractivity contribution in [3.63, 3.8) is 0 Å². The zero-order valence-corrected chi connectivity index (χ0v) is 11.1. The maximum Gasteiger partial charge on any atom is 0.278 e. The molecule has 2 amide bonds. The highest BCUT2D eigenvalue weighted by atomic mass is 35.5. The van der Waals surface area contributed by atoms with Crippen LogP contribution >= 0.6 is 11.6 Å². The number of hydrogen-bond donors (Lipinski definition) is 1. The number of nitrogens with one attached hydrogen (secondary N) is 1. The van der Waals surface area contributed by atoms with Crippen LogP contribution in [0.4, 0.5) is 0 Å². The fourth-order valence-corrected chi connectivity index (χ4v) is 1.86. The highest BCUT2D eigenvalue weighted by molar-refractivity contribution is 6.47. The van der Waals surface area contributed by atoms with Crippen molar-refractivity contribution in [3.05, 3.63) is 10.7 Å². The number of hydrogen-bond acceptors (Lipinski definition) is 3. The molecule has 1 heterocycles. The first-order valence-corrected chi connectivity index (χ1v) is 6.51. The largest absolute Gasteiger partial charge is 0.379 e. The summed E-state index contributed by atoms with van der Waals surface area (Å²) in [4.78, 5) is 24.9.